The zero-order valence-corrected chi connectivity index (χ0v) is 11.9. The van der Waals surface area contributed by atoms with E-state index in [1.54, 1.807) is 12.1 Å². The van der Waals surface area contributed by atoms with Crippen molar-refractivity contribution in [3.05, 3.63) is 35.6 Å². The lowest BCUT2D eigenvalue weighted by Gasteiger charge is -2.22. The highest BCUT2D eigenvalue weighted by Gasteiger charge is 2.33. The fraction of sp³-hybridized carbons (Fsp3) is 0.533. The second kappa shape index (κ2) is 6.04. The van der Waals surface area contributed by atoms with Gasteiger partial charge in [0.15, 0.2) is 5.96 Å². The van der Waals surface area contributed by atoms with Gasteiger partial charge in [0.2, 0.25) is 0 Å². The molecule has 0 saturated heterocycles. The molecule has 0 heterocycles. The first-order valence-corrected chi connectivity index (χ1v) is 6.86. The third-order valence-electron chi connectivity index (χ3n) is 3.40. The van der Waals surface area contributed by atoms with E-state index in [1.807, 2.05) is 24.9 Å². The van der Waals surface area contributed by atoms with E-state index < -0.39 is 0 Å². The maximum Gasteiger partial charge on any atom is 0.194 e. The van der Waals surface area contributed by atoms with Gasteiger partial charge in [-0.05, 0) is 37.0 Å². The van der Waals surface area contributed by atoms with E-state index >= 15 is 0 Å². The molecule has 0 aromatic heterocycles. The van der Waals surface area contributed by atoms with Gasteiger partial charge in [-0.15, -0.1) is 0 Å². The van der Waals surface area contributed by atoms with Crippen molar-refractivity contribution in [2.45, 2.75) is 32.9 Å². The molecule has 1 aromatic carbocycles. The number of guanidine groups is 1. The summed E-state index contributed by atoms with van der Waals surface area (Å²) in [7, 11) is 1.99. The molecule has 1 saturated carbocycles. The Morgan fingerprint density at radius 3 is 2.84 bits per heavy atom. The summed E-state index contributed by atoms with van der Waals surface area (Å²) in [4.78, 5) is 6.54. The van der Waals surface area contributed by atoms with Crippen molar-refractivity contribution < 1.29 is 4.39 Å². The molecule has 0 bridgehead atoms. The molecule has 1 N–H and O–H groups in total. The Hall–Kier alpha value is -1.58. The van der Waals surface area contributed by atoms with E-state index in [0.29, 0.717) is 12.6 Å². The van der Waals surface area contributed by atoms with Crippen molar-refractivity contribution in [1.29, 1.82) is 0 Å². The van der Waals surface area contributed by atoms with Crippen molar-refractivity contribution >= 4 is 5.96 Å². The van der Waals surface area contributed by atoms with Crippen LogP contribution >= 0.6 is 0 Å². The van der Waals surface area contributed by atoms with Crippen LogP contribution in [0.1, 0.15) is 25.8 Å². The summed E-state index contributed by atoms with van der Waals surface area (Å²) in [6.07, 6.45) is 1.20. The topological polar surface area (TPSA) is 27.6 Å². The Morgan fingerprint density at radius 1 is 1.53 bits per heavy atom. The van der Waals surface area contributed by atoms with Crippen LogP contribution in [0, 0.1) is 11.7 Å². The fourth-order valence-electron chi connectivity index (χ4n) is 2.10. The van der Waals surface area contributed by atoms with Crippen molar-refractivity contribution in [3.63, 3.8) is 0 Å². The lowest BCUT2D eigenvalue weighted by molar-refractivity contribution is 0.471. The minimum absolute atomic E-state index is 0.191. The third-order valence-corrected chi connectivity index (χ3v) is 3.40. The minimum Gasteiger partial charge on any atom is -0.353 e. The number of aliphatic imine (C=N–C) groups is 1. The summed E-state index contributed by atoms with van der Waals surface area (Å²) in [5, 5.41) is 3.46. The van der Waals surface area contributed by atoms with Gasteiger partial charge in [0, 0.05) is 26.2 Å². The Balaban J connectivity index is 1.99. The fourth-order valence-corrected chi connectivity index (χ4v) is 2.10. The molecule has 1 fully saturated rings. The third kappa shape index (κ3) is 3.94. The lowest BCUT2D eigenvalue weighted by atomic mass is 10.2. The first kappa shape index (κ1) is 13.8. The number of nitrogens with zero attached hydrogens (tertiary/aromatic N) is 2. The highest BCUT2D eigenvalue weighted by atomic mass is 19.1. The van der Waals surface area contributed by atoms with E-state index in [-0.39, 0.29) is 5.82 Å². The summed E-state index contributed by atoms with van der Waals surface area (Å²) in [6, 6.07) is 7.25. The second-order valence-corrected chi connectivity index (χ2v) is 5.25. The van der Waals surface area contributed by atoms with Gasteiger partial charge in [0.1, 0.15) is 5.82 Å². The maximum atomic E-state index is 13.2. The van der Waals surface area contributed by atoms with E-state index in [0.717, 1.165) is 24.0 Å². The first-order valence-electron chi connectivity index (χ1n) is 6.86. The monoisotopic (exact) mass is 263 g/mol. The molecule has 4 heteroatoms. The summed E-state index contributed by atoms with van der Waals surface area (Å²) in [5.74, 6) is 1.44. The molecule has 2 atom stereocenters. The molecular weight excluding hydrogens is 241 g/mol. The second-order valence-electron chi connectivity index (χ2n) is 5.25. The standard InChI is InChI=1S/C15H22FN3/c1-4-17-15(18-14-8-11(14)2)19(3)10-12-6-5-7-13(16)9-12/h5-7,9,11,14H,4,8,10H2,1-3H3,(H,17,18). The Morgan fingerprint density at radius 2 is 2.26 bits per heavy atom. The van der Waals surface area contributed by atoms with Crippen LogP contribution in [0.3, 0.4) is 0 Å². The Labute approximate surface area is 114 Å². The van der Waals surface area contributed by atoms with Gasteiger partial charge >= 0.3 is 0 Å². The van der Waals surface area contributed by atoms with Crippen LogP contribution in [0.4, 0.5) is 4.39 Å². The number of rotatable bonds is 4. The summed E-state index contributed by atoms with van der Waals surface area (Å²) >= 11 is 0. The smallest absolute Gasteiger partial charge is 0.194 e. The van der Waals surface area contributed by atoms with Crippen LogP contribution in [0.25, 0.3) is 0 Å². The zero-order valence-electron chi connectivity index (χ0n) is 11.9. The van der Waals surface area contributed by atoms with Crippen molar-refractivity contribution in [3.8, 4) is 0 Å². The Bertz CT molecular complexity index is 458. The normalized spacial score (nSPS) is 22.2. The van der Waals surface area contributed by atoms with Crippen LogP contribution in [0.2, 0.25) is 0 Å². The first-order chi connectivity index (χ1) is 9.10. The maximum absolute atomic E-state index is 13.2. The van der Waals surface area contributed by atoms with Crippen LogP contribution in [0.5, 0.6) is 0 Å². The van der Waals surface area contributed by atoms with Crippen molar-refractivity contribution in [2.24, 2.45) is 10.9 Å². The molecule has 0 radical (unpaired) electrons. The van der Waals surface area contributed by atoms with E-state index in [4.69, 9.17) is 0 Å². The predicted octanol–water partition coefficient (Wildman–Crippen LogP) is 2.63. The van der Waals surface area contributed by atoms with E-state index in [1.165, 1.54) is 12.5 Å². The summed E-state index contributed by atoms with van der Waals surface area (Å²) in [6.45, 7) is 5.66. The van der Waals surface area contributed by atoms with Crippen LogP contribution < -0.4 is 5.32 Å². The number of nitrogens with one attached hydrogen (secondary N) is 1. The predicted molar refractivity (Wildman–Crippen MR) is 76.5 cm³/mol. The molecular formula is C15H22FN3. The molecule has 1 aliphatic rings. The number of benzene rings is 1. The van der Waals surface area contributed by atoms with Crippen molar-refractivity contribution in [1.82, 2.24) is 10.2 Å². The van der Waals surface area contributed by atoms with E-state index in [2.05, 4.69) is 17.2 Å². The molecule has 3 nitrogen and oxygen atoms in total. The highest BCUT2D eigenvalue weighted by Crippen LogP contribution is 2.29. The molecule has 0 spiro atoms. The average Bonchev–Trinajstić information content (AvgIpc) is 3.04. The number of hydrogen-bond donors (Lipinski definition) is 1. The van der Waals surface area contributed by atoms with Gasteiger partial charge in [-0.2, -0.15) is 0 Å². The van der Waals surface area contributed by atoms with Crippen LogP contribution in [-0.2, 0) is 6.54 Å². The molecule has 1 aliphatic carbocycles. The highest BCUT2D eigenvalue weighted by molar-refractivity contribution is 5.80. The minimum atomic E-state index is -0.191. The summed E-state index contributed by atoms with van der Waals surface area (Å²) < 4.78 is 13.2. The van der Waals surface area contributed by atoms with Gasteiger partial charge in [-0.25, -0.2) is 4.39 Å². The van der Waals surface area contributed by atoms with Gasteiger partial charge < -0.3 is 10.2 Å². The molecule has 0 amide bonds. The average molecular weight is 263 g/mol. The molecule has 2 unspecified atom stereocenters. The summed E-state index contributed by atoms with van der Waals surface area (Å²) in [5.41, 5.74) is 0.956. The van der Waals surface area contributed by atoms with Crippen molar-refractivity contribution in [2.75, 3.05) is 13.6 Å². The van der Waals surface area contributed by atoms with Crippen LogP contribution in [0.15, 0.2) is 29.3 Å². The molecule has 19 heavy (non-hydrogen) atoms. The number of halogens is 1. The number of hydrogen-bond acceptors (Lipinski definition) is 1. The molecule has 1 aromatic rings. The van der Waals surface area contributed by atoms with Gasteiger partial charge in [-0.3, -0.25) is 4.99 Å². The SMILES string of the molecule is CCN=C(NC1CC1C)N(C)Cc1cccc(F)c1. The largest absolute Gasteiger partial charge is 0.353 e. The van der Waals surface area contributed by atoms with Gasteiger partial charge in [0.05, 0.1) is 0 Å². The Kier molecular flexibility index (Phi) is 4.40. The van der Waals surface area contributed by atoms with E-state index in [9.17, 15) is 4.39 Å². The van der Waals surface area contributed by atoms with Crippen LogP contribution in [-0.4, -0.2) is 30.5 Å². The quantitative estimate of drug-likeness (QED) is 0.668. The zero-order chi connectivity index (χ0) is 13.8. The molecule has 104 valence electrons. The lowest BCUT2D eigenvalue weighted by Crippen LogP contribution is -2.40. The molecule has 2 rings (SSSR count). The van der Waals surface area contributed by atoms with Gasteiger partial charge in [-0.1, -0.05) is 19.1 Å². The molecule has 0 aliphatic heterocycles. The van der Waals surface area contributed by atoms with Gasteiger partial charge in [0.25, 0.3) is 0 Å².